The molecule has 1 aromatic heterocycles. The molecule has 2 saturated carbocycles. The minimum Gasteiger partial charge on any atom is -0.481 e. The third-order valence-electron chi connectivity index (χ3n) is 17.7. The summed E-state index contributed by atoms with van der Waals surface area (Å²) in [5.74, 6) is -7.25. The first-order chi connectivity index (χ1) is 46.7. The van der Waals surface area contributed by atoms with Crippen molar-refractivity contribution >= 4 is 71.2 Å². The second-order valence-electron chi connectivity index (χ2n) is 25.1. The summed E-state index contributed by atoms with van der Waals surface area (Å²) >= 11 is 0. The second kappa shape index (κ2) is 41.8. The minimum absolute atomic E-state index is 0.0391. The Hall–Kier alpha value is -9.05. The van der Waals surface area contributed by atoms with Gasteiger partial charge in [0.15, 0.2) is 0 Å². The lowest BCUT2D eigenvalue weighted by Crippen LogP contribution is -2.55. The molecule has 28 heteroatoms. The fourth-order valence-corrected chi connectivity index (χ4v) is 12.3. The summed E-state index contributed by atoms with van der Waals surface area (Å²) in [5.41, 5.74) is 2.41. The number of aliphatic carboxylic acids is 3. The van der Waals surface area contributed by atoms with Gasteiger partial charge in [-0.25, -0.2) is 14.4 Å². The van der Waals surface area contributed by atoms with Crippen LogP contribution in [-0.4, -0.2) is 185 Å². The van der Waals surface area contributed by atoms with Crippen LogP contribution in [0.3, 0.4) is 0 Å². The number of ether oxygens (including phenoxy) is 2. The Kier molecular flexibility index (Phi) is 33.2. The van der Waals surface area contributed by atoms with Crippen LogP contribution in [0.4, 0.5) is 4.79 Å². The van der Waals surface area contributed by atoms with Gasteiger partial charge < -0.3 is 77.5 Å². The molecule has 6 atom stereocenters. The number of pyridine rings is 1. The standard InChI is InChI=1S/C69H97N11O17/c1-80-60(84)43-52(62(80)48-19-13-34-70-44-48)64(88)74-38-40-97-51-28-26-50(27-29-51)96-39-14-21-58(82)75-49-24-22-47(23-25-49)63(87)72-36-37-73-65(89)55(41-45-15-7-5-8-16-45)77-66(90)56(42-46-17-9-6-10-18-46)76-59(83)20-11-3-2-4-12-35-71-57(81)32-30-53(67(91)92)78-69(95)79-54(68(93)94)31-33-61(85)86/h5-10,13,15-19,34,44,47,49-56,62H,2-4,11-12,14,20-33,35-43H2,1H3,(H,71,81)(H,72,87)(H,73,89)(H,74,88)(H,75,82)(H,76,83)(H,77,90)(H,85,86)(H,91,92)(H,93,94)(H2,78,79,95)/t47-,49-,50-,51-,52-,53-,54-,55-,56-,62+/m0/s1. The average Bonchev–Trinajstić information content (AvgIpc) is 1.66. The van der Waals surface area contributed by atoms with Crippen LogP contribution in [0.5, 0.6) is 0 Å². The lowest BCUT2D eigenvalue weighted by Gasteiger charge is -2.29. The molecule has 2 aromatic carbocycles. The highest BCUT2D eigenvalue weighted by atomic mass is 16.5. The van der Waals surface area contributed by atoms with Crippen molar-refractivity contribution in [2.75, 3.05) is 46.4 Å². The number of nitrogens with one attached hydrogen (secondary N) is 9. The molecule has 2 aliphatic carbocycles. The summed E-state index contributed by atoms with van der Waals surface area (Å²) in [5, 5.41) is 52.1. The molecule has 0 bridgehead atoms. The number of rotatable bonds is 42. The Morgan fingerprint density at radius 3 is 1.70 bits per heavy atom. The molecule has 1 aliphatic heterocycles. The predicted octanol–water partition coefficient (Wildman–Crippen LogP) is 3.51. The topological polar surface area (TPSA) is 408 Å². The van der Waals surface area contributed by atoms with Crippen LogP contribution in [0.25, 0.3) is 0 Å². The lowest BCUT2D eigenvalue weighted by atomic mass is 9.85. The molecule has 12 N–H and O–H groups in total. The van der Waals surface area contributed by atoms with Crippen LogP contribution in [0, 0.1) is 11.8 Å². The zero-order valence-electron chi connectivity index (χ0n) is 55.3. The van der Waals surface area contributed by atoms with Crippen molar-refractivity contribution in [1.29, 1.82) is 0 Å². The van der Waals surface area contributed by atoms with Gasteiger partial charge in [-0.1, -0.05) is 86.0 Å². The zero-order valence-corrected chi connectivity index (χ0v) is 55.3. The average molecular weight is 1350 g/mol. The van der Waals surface area contributed by atoms with Crippen molar-refractivity contribution in [3.63, 3.8) is 0 Å². The van der Waals surface area contributed by atoms with Crippen molar-refractivity contribution in [2.24, 2.45) is 11.8 Å². The smallest absolute Gasteiger partial charge is 0.326 e. The van der Waals surface area contributed by atoms with E-state index >= 15 is 0 Å². The molecule has 1 saturated heterocycles. The van der Waals surface area contributed by atoms with Gasteiger partial charge in [-0.05, 0) is 106 Å². The number of carbonyl (C=O) groups is 12. The normalized spacial score (nSPS) is 19.5. The second-order valence-corrected chi connectivity index (χ2v) is 25.1. The highest BCUT2D eigenvalue weighted by Gasteiger charge is 2.43. The number of benzene rings is 2. The van der Waals surface area contributed by atoms with Gasteiger partial charge in [0, 0.05) is 109 Å². The largest absolute Gasteiger partial charge is 0.481 e. The zero-order chi connectivity index (χ0) is 69.9. The van der Waals surface area contributed by atoms with Crippen molar-refractivity contribution in [2.45, 2.75) is 196 Å². The molecular weight excluding hydrogens is 1250 g/mol. The number of likely N-dealkylation sites (tertiary alicyclic amines) is 1. The van der Waals surface area contributed by atoms with E-state index in [0.29, 0.717) is 84.0 Å². The van der Waals surface area contributed by atoms with E-state index in [1.165, 1.54) is 0 Å². The summed E-state index contributed by atoms with van der Waals surface area (Å²) in [4.78, 5) is 158. The number of nitrogens with zero attached hydrogens (tertiary/aromatic N) is 2. The summed E-state index contributed by atoms with van der Waals surface area (Å²) in [7, 11) is 1.71. The third-order valence-corrected chi connectivity index (χ3v) is 17.7. The lowest BCUT2D eigenvalue weighted by molar-refractivity contribution is -0.141. The number of hydrogen-bond donors (Lipinski definition) is 12. The Bertz CT molecular complexity index is 3040. The van der Waals surface area contributed by atoms with Gasteiger partial charge in [0.1, 0.15) is 24.2 Å². The van der Waals surface area contributed by atoms with Crippen LogP contribution in [0.2, 0.25) is 0 Å². The molecule has 97 heavy (non-hydrogen) atoms. The highest BCUT2D eigenvalue weighted by molar-refractivity contribution is 5.93. The molecule has 0 spiro atoms. The fraction of sp³-hybridized carbons (Fsp3) is 0.580. The Balaban J connectivity index is 0.820. The van der Waals surface area contributed by atoms with Crippen LogP contribution in [0.1, 0.15) is 158 Å². The number of urea groups is 1. The molecular formula is C69H97N11O17. The molecule has 3 fully saturated rings. The van der Waals surface area contributed by atoms with Gasteiger partial charge in [-0.15, -0.1) is 0 Å². The van der Waals surface area contributed by atoms with Gasteiger partial charge in [0.2, 0.25) is 47.3 Å². The minimum atomic E-state index is -1.57. The predicted molar refractivity (Wildman–Crippen MR) is 353 cm³/mol. The van der Waals surface area contributed by atoms with Crippen LogP contribution in [-0.2, 0) is 75.1 Å². The Morgan fingerprint density at radius 2 is 1.09 bits per heavy atom. The highest BCUT2D eigenvalue weighted by Crippen LogP contribution is 2.37. The first-order valence-electron chi connectivity index (χ1n) is 33.9. The number of carbonyl (C=O) groups excluding carboxylic acids is 9. The molecule has 10 amide bonds. The van der Waals surface area contributed by atoms with Crippen LogP contribution in [0.15, 0.2) is 85.2 Å². The molecule has 2 heterocycles. The Morgan fingerprint density at radius 1 is 0.526 bits per heavy atom. The Labute approximate surface area is 565 Å². The van der Waals surface area contributed by atoms with E-state index < -0.39 is 84.6 Å². The first kappa shape index (κ1) is 77.0. The van der Waals surface area contributed by atoms with Crippen molar-refractivity contribution in [1.82, 2.24) is 57.7 Å². The van der Waals surface area contributed by atoms with Gasteiger partial charge in [-0.2, -0.15) is 0 Å². The fourth-order valence-electron chi connectivity index (χ4n) is 12.3. The number of carboxylic acids is 3. The monoisotopic (exact) mass is 1350 g/mol. The third kappa shape index (κ3) is 28.3. The SMILES string of the molecule is CN1C(=O)C[C@H](C(=O)NCCO[C@H]2CC[C@H](OCCCC(=O)N[C@H]3CC[C@H](C(=O)NCCNC(=O)[C@H](Cc4ccccc4)NC(=O)[C@H](Cc4ccccc4)NC(=O)CCCCCCCNC(=O)CC[C@H](NC(=O)N[C@@H](CCC(=O)O)C(=O)O)C(=O)O)CC3)CC2)[C@H]1c1cccnc1. The van der Waals surface area contributed by atoms with Crippen molar-refractivity contribution in [3.05, 3.63) is 102 Å². The van der Waals surface area contributed by atoms with Crippen molar-refractivity contribution in [3.8, 4) is 0 Å². The van der Waals surface area contributed by atoms with Gasteiger partial charge in [-0.3, -0.25) is 48.1 Å². The summed E-state index contributed by atoms with van der Waals surface area (Å²) in [6.45, 7) is 1.71. The molecule has 0 radical (unpaired) electrons. The van der Waals surface area contributed by atoms with E-state index in [-0.39, 0.29) is 118 Å². The molecule has 530 valence electrons. The number of carboxylic acid groups (broad SMARTS) is 3. The van der Waals surface area contributed by atoms with Crippen LogP contribution < -0.4 is 47.9 Å². The number of amides is 10. The van der Waals surface area contributed by atoms with E-state index in [1.807, 2.05) is 72.0 Å². The molecule has 0 unspecified atom stereocenters. The van der Waals surface area contributed by atoms with E-state index in [1.54, 1.807) is 30.4 Å². The molecule has 28 nitrogen and oxygen atoms in total. The first-order valence-corrected chi connectivity index (χ1v) is 33.9. The quantitative estimate of drug-likeness (QED) is 0.0361. The van der Waals surface area contributed by atoms with Crippen LogP contribution >= 0.6 is 0 Å². The molecule has 3 aliphatic rings. The maximum atomic E-state index is 14.1. The van der Waals surface area contributed by atoms with Crippen molar-refractivity contribution < 1.29 is 82.3 Å². The van der Waals surface area contributed by atoms with Gasteiger partial charge >= 0.3 is 23.9 Å². The van der Waals surface area contributed by atoms with E-state index in [0.717, 1.165) is 48.8 Å². The summed E-state index contributed by atoms with van der Waals surface area (Å²) in [6, 6.07) is 15.3. The number of hydrogen-bond acceptors (Lipinski definition) is 15. The van der Waals surface area contributed by atoms with E-state index in [9.17, 15) is 67.7 Å². The summed E-state index contributed by atoms with van der Waals surface area (Å²) in [6.07, 6.45) is 12.5. The summed E-state index contributed by atoms with van der Waals surface area (Å²) < 4.78 is 12.2. The maximum absolute atomic E-state index is 14.1. The molecule has 3 aromatic rings. The van der Waals surface area contributed by atoms with E-state index in [4.69, 9.17) is 14.6 Å². The maximum Gasteiger partial charge on any atom is 0.326 e. The van der Waals surface area contributed by atoms with Gasteiger partial charge in [0.05, 0.1) is 30.8 Å². The number of aromatic nitrogens is 1. The number of unbranched alkanes of at least 4 members (excludes halogenated alkanes) is 4. The van der Waals surface area contributed by atoms with Gasteiger partial charge in [0.25, 0.3) is 0 Å². The molecule has 6 rings (SSSR count). The van der Waals surface area contributed by atoms with E-state index in [2.05, 4.69) is 47.5 Å².